The Morgan fingerprint density at radius 1 is 1.10 bits per heavy atom. The Balaban J connectivity index is 2.32. The summed E-state index contributed by atoms with van der Waals surface area (Å²) in [5.74, 6) is -0.954. The fraction of sp³-hybridized carbons (Fsp3) is 0. The third-order valence-electron chi connectivity index (χ3n) is 2.43. The Morgan fingerprint density at radius 2 is 1.85 bits per heavy atom. The number of aromatic hydroxyl groups is 1. The summed E-state index contributed by atoms with van der Waals surface area (Å²) in [5.41, 5.74) is 5.90. The molecule has 2 rings (SSSR count). The highest BCUT2D eigenvalue weighted by Crippen LogP contribution is 2.30. The molecule has 1 amide bonds. The minimum atomic E-state index is -0.746. The molecule has 0 aromatic heterocycles. The van der Waals surface area contributed by atoms with Gasteiger partial charge in [0.25, 0.3) is 5.91 Å². The second-order valence-corrected chi connectivity index (χ2v) is 4.71. The van der Waals surface area contributed by atoms with E-state index in [4.69, 9.17) is 28.9 Å². The molecular formula is C13H9Cl2N3O2. The van der Waals surface area contributed by atoms with Gasteiger partial charge in [0, 0.05) is 5.02 Å². The first-order valence-corrected chi connectivity index (χ1v) is 6.22. The molecule has 0 radical (unpaired) electrons. The van der Waals surface area contributed by atoms with Crippen molar-refractivity contribution in [1.29, 1.82) is 0 Å². The summed E-state index contributed by atoms with van der Waals surface area (Å²) < 4.78 is 0. The van der Waals surface area contributed by atoms with Crippen LogP contribution in [0.4, 0.5) is 11.4 Å². The number of benzene rings is 2. The standard InChI is InChI=1S/C13H9Cl2N3O2/c14-7-1-3-11(10(15)5-7)18-17-8-2-4-12(19)9(6-8)13(16)20/h1-6,19H,(H2,16,20). The molecule has 0 saturated carbocycles. The van der Waals surface area contributed by atoms with Crippen LogP contribution in [-0.2, 0) is 0 Å². The molecule has 2 aromatic carbocycles. The van der Waals surface area contributed by atoms with Crippen LogP contribution in [0.5, 0.6) is 5.75 Å². The summed E-state index contributed by atoms with van der Waals surface area (Å²) in [6.45, 7) is 0. The zero-order valence-corrected chi connectivity index (χ0v) is 11.6. The van der Waals surface area contributed by atoms with Crippen molar-refractivity contribution >= 4 is 40.5 Å². The van der Waals surface area contributed by atoms with Crippen molar-refractivity contribution in [2.75, 3.05) is 0 Å². The van der Waals surface area contributed by atoms with Crippen molar-refractivity contribution in [1.82, 2.24) is 0 Å². The minimum absolute atomic E-state index is 0.0244. The van der Waals surface area contributed by atoms with Crippen molar-refractivity contribution in [2.24, 2.45) is 16.0 Å². The van der Waals surface area contributed by atoms with E-state index in [-0.39, 0.29) is 11.3 Å². The molecule has 0 unspecified atom stereocenters. The highest BCUT2D eigenvalue weighted by Gasteiger charge is 2.08. The van der Waals surface area contributed by atoms with Crippen LogP contribution in [0, 0.1) is 0 Å². The number of carbonyl (C=O) groups is 1. The molecule has 0 heterocycles. The number of hydrogen-bond donors (Lipinski definition) is 2. The molecule has 3 N–H and O–H groups in total. The third-order valence-corrected chi connectivity index (χ3v) is 2.97. The lowest BCUT2D eigenvalue weighted by Crippen LogP contribution is -2.10. The second-order valence-electron chi connectivity index (χ2n) is 3.86. The van der Waals surface area contributed by atoms with Crippen LogP contribution >= 0.6 is 23.2 Å². The van der Waals surface area contributed by atoms with Crippen LogP contribution in [0.25, 0.3) is 0 Å². The lowest BCUT2D eigenvalue weighted by Gasteiger charge is -2.01. The van der Waals surface area contributed by atoms with Gasteiger partial charge in [0.15, 0.2) is 0 Å². The van der Waals surface area contributed by atoms with Crippen molar-refractivity contribution in [3.05, 3.63) is 52.0 Å². The van der Waals surface area contributed by atoms with Gasteiger partial charge in [-0.25, -0.2) is 0 Å². The molecule has 20 heavy (non-hydrogen) atoms. The molecule has 5 nitrogen and oxygen atoms in total. The second kappa shape index (κ2) is 5.90. The molecule has 0 saturated heterocycles. The number of primary amides is 1. The molecule has 0 aliphatic carbocycles. The Labute approximate surface area is 124 Å². The number of hydrogen-bond acceptors (Lipinski definition) is 4. The number of azo groups is 1. The van der Waals surface area contributed by atoms with Crippen LogP contribution < -0.4 is 5.73 Å². The maximum absolute atomic E-state index is 11.1. The Kier molecular flexibility index (Phi) is 4.22. The van der Waals surface area contributed by atoms with Gasteiger partial charge in [-0.1, -0.05) is 23.2 Å². The lowest BCUT2D eigenvalue weighted by molar-refractivity contribution is 0.0998. The van der Waals surface area contributed by atoms with E-state index in [0.29, 0.717) is 21.4 Å². The summed E-state index contributed by atoms with van der Waals surface area (Å²) in [6, 6.07) is 8.94. The summed E-state index contributed by atoms with van der Waals surface area (Å²) in [6.07, 6.45) is 0. The van der Waals surface area contributed by atoms with Crippen molar-refractivity contribution in [3.63, 3.8) is 0 Å². The van der Waals surface area contributed by atoms with E-state index in [1.54, 1.807) is 18.2 Å². The van der Waals surface area contributed by atoms with Gasteiger partial charge in [0.2, 0.25) is 0 Å². The smallest absolute Gasteiger partial charge is 0.252 e. The van der Waals surface area contributed by atoms with Crippen molar-refractivity contribution < 1.29 is 9.90 Å². The van der Waals surface area contributed by atoms with Gasteiger partial charge in [0.05, 0.1) is 16.3 Å². The zero-order chi connectivity index (χ0) is 14.7. The molecule has 0 aliphatic rings. The number of carbonyl (C=O) groups excluding carboxylic acids is 1. The molecule has 0 fully saturated rings. The van der Waals surface area contributed by atoms with E-state index < -0.39 is 5.91 Å². The first kappa shape index (κ1) is 14.3. The van der Waals surface area contributed by atoms with Gasteiger partial charge in [-0.2, -0.15) is 5.11 Å². The van der Waals surface area contributed by atoms with E-state index in [1.807, 2.05) is 0 Å². The molecule has 0 atom stereocenters. The van der Waals surface area contributed by atoms with E-state index in [2.05, 4.69) is 10.2 Å². The minimum Gasteiger partial charge on any atom is -0.507 e. The number of rotatable bonds is 3. The first-order valence-electron chi connectivity index (χ1n) is 5.47. The molecule has 7 heteroatoms. The number of nitrogens with zero attached hydrogens (tertiary/aromatic N) is 2. The maximum Gasteiger partial charge on any atom is 0.252 e. The largest absolute Gasteiger partial charge is 0.507 e. The summed E-state index contributed by atoms with van der Waals surface area (Å²) >= 11 is 11.7. The van der Waals surface area contributed by atoms with Gasteiger partial charge < -0.3 is 10.8 Å². The monoisotopic (exact) mass is 309 g/mol. The molecule has 2 aromatic rings. The number of phenols is 1. The highest BCUT2D eigenvalue weighted by atomic mass is 35.5. The molecule has 0 bridgehead atoms. The Morgan fingerprint density at radius 3 is 2.50 bits per heavy atom. The molecule has 0 aliphatic heterocycles. The fourth-order valence-electron chi connectivity index (χ4n) is 1.46. The van der Waals surface area contributed by atoms with E-state index >= 15 is 0 Å². The van der Waals surface area contributed by atoms with Gasteiger partial charge >= 0.3 is 0 Å². The Hall–Kier alpha value is -2.11. The normalized spacial score (nSPS) is 10.9. The fourth-order valence-corrected chi connectivity index (χ4v) is 1.90. The quantitative estimate of drug-likeness (QED) is 0.832. The topological polar surface area (TPSA) is 88.0 Å². The molecule has 102 valence electrons. The van der Waals surface area contributed by atoms with Crippen LogP contribution in [0.15, 0.2) is 46.6 Å². The van der Waals surface area contributed by atoms with Crippen LogP contribution in [0.3, 0.4) is 0 Å². The molecule has 0 spiro atoms. The summed E-state index contributed by atoms with van der Waals surface area (Å²) in [5, 5.41) is 18.2. The first-order chi connectivity index (χ1) is 9.47. The van der Waals surface area contributed by atoms with Gasteiger partial charge in [-0.3, -0.25) is 4.79 Å². The predicted octanol–water partition coefficient (Wildman–Crippen LogP) is 4.21. The van der Waals surface area contributed by atoms with Crippen LogP contribution in [0.2, 0.25) is 10.0 Å². The van der Waals surface area contributed by atoms with Crippen molar-refractivity contribution in [3.8, 4) is 5.75 Å². The average molecular weight is 310 g/mol. The van der Waals surface area contributed by atoms with Crippen LogP contribution in [-0.4, -0.2) is 11.0 Å². The van der Waals surface area contributed by atoms with E-state index in [1.165, 1.54) is 18.2 Å². The Bertz CT molecular complexity index is 702. The van der Waals surface area contributed by atoms with E-state index in [9.17, 15) is 9.90 Å². The van der Waals surface area contributed by atoms with Gasteiger partial charge in [-0.05, 0) is 36.4 Å². The maximum atomic E-state index is 11.1. The predicted molar refractivity (Wildman–Crippen MR) is 77.3 cm³/mol. The van der Waals surface area contributed by atoms with Gasteiger partial charge in [-0.15, -0.1) is 5.11 Å². The molecular weight excluding hydrogens is 301 g/mol. The average Bonchev–Trinajstić information content (AvgIpc) is 2.39. The number of nitrogens with two attached hydrogens (primary N) is 1. The summed E-state index contributed by atoms with van der Waals surface area (Å²) in [4.78, 5) is 11.1. The van der Waals surface area contributed by atoms with E-state index in [0.717, 1.165) is 0 Å². The van der Waals surface area contributed by atoms with Crippen LogP contribution in [0.1, 0.15) is 10.4 Å². The summed E-state index contributed by atoms with van der Waals surface area (Å²) in [7, 11) is 0. The number of halogens is 2. The lowest BCUT2D eigenvalue weighted by atomic mass is 10.2. The zero-order valence-electron chi connectivity index (χ0n) is 10.0. The SMILES string of the molecule is NC(=O)c1cc(N=Nc2ccc(Cl)cc2Cl)ccc1O. The highest BCUT2D eigenvalue weighted by molar-refractivity contribution is 6.36. The van der Waals surface area contributed by atoms with Gasteiger partial charge in [0.1, 0.15) is 11.4 Å². The third kappa shape index (κ3) is 3.26. The van der Waals surface area contributed by atoms with Crippen molar-refractivity contribution in [2.45, 2.75) is 0 Å². The number of amides is 1.